The van der Waals surface area contributed by atoms with Crippen molar-refractivity contribution < 1.29 is 19.4 Å². The minimum Gasteiger partial charge on any atom is -0.493 e. The lowest BCUT2D eigenvalue weighted by atomic mass is 9.89. The highest BCUT2D eigenvalue weighted by atomic mass is 16.5. The first-order valence-electron chi connectivity index (χ1n) is 9.97. The maximum absolute atomic E-state index is 13.2. The maximum atomic E-state index is 13.2. The van der Waals surface area contributed by atoms with E-state index in [4.69, 9.17) is 9.47 Å². The number of amides is 1. The van der Waals surface area contributed by atoms with E-state index in [0.717, 1.165) is 25.1 Å². The van der Waals surface area contributed by atoms with Crippen molar-refractivity contribution in [1.82, 2.24) is 19.6 Å². The Morgan fingerprint density at radius 3 is 2.76 bits per heavy atom. The van der Waals surface area contributed by atoms with Crippen LogP contribution in [0.1, 0.15) is 24.4 Å². The van der Waals surface area contributed by atoms with Gasteiger partial charge in [-0.25, -0.2) is 0 Å². The van der Waals surface area contributed by atoms with Crippen molar-refractivity contribution in [3.05, 3.63) is 42.2 Å². The monoisotopic (exact) mass is 400 g/mol. The minimum atomic E-state index is -1.35. The first-order chi connectivity index (χ1) is 14.0. The Labute approximate surface area is 170 Å². The standard InChI is InChI=1S/C21H28N4O4/c1-28-18-7-3-6-16(19(18)29-2)12-24-10-4-8-21(27,20(24)26)15-23-13-17(14-23)25-11-5-9-22-25/h3,5-7,9,11,17,27H,4,8,10,12-15H2,1-2H3/t21-/m0/s1. The van der Waals surface area contributed by atoms with E-state index >= 15 is 0 Å². The average Bonchev–Trinajstić information content (AvgIpc) is 3.22. The lowest BCUT2D eigenvalue weighted by molar-refractivity contribution is -0.162. The number of aromatic nitrogens is 2. The second kappa shape index (κ2) is 8.04. The molecule has 2 aliphatic rings. The van der Waals surface area contributed by atoms with Crippen molar-refractivity contribution in [3.8, 4) is 11.5 Å². The predicted molar refractivity (Wildman–Crippen MR) is 107 cm³/mol. The van der Waals surface area contributed by atoms with Crippen LogP contribution in [0.25, 0.3) is 0 Å². The van der Waals surface area contributed by atoms with Crippen molar-refractivity contribution in [2.75, 3.05) is 40.4 Å². The fourth-order valence-electron chi connectivity index (χ4n) is 4.35. The summed E-state index contributed by atoms with van der Waals surface area (Å²) in [5.74, 6) is 1.05. The number of rotatable bonds is 7. The van der Waals surface area contributed by atoms with Gasteiger partial charge in [-0.3, -0.25) is 14.4 Å². The first-order valence-corrected chi connectivity index (χ1v) is 9.97. The number of nitrogens with zero attached hydrogens (tertiary/aromatic N) is 4. The largest absolute Gasteiger partial charge is 0.493 e. The highest BCUT2D eigenvalue weighted by Gasteiger charge is 2.45. The SMILES string of the molecule is COc1cccc(CN2CCC[C@](O)(CN3CC(n4cccn4)C3)C2=O)c1OC. The van der Waals surface area contributed by atoms with E-state index in [1.165, 1.54) is 0 Å². The molecular formula is C21H28N4O4. The van der Waals surface area contributed by atoms with Crippen molar-refractivity contribution in [2.45, 2.75) is 31.0 Å². The summed E-state index contributed by atoms with van der Waals surface area (Å²) in [5.41, 5.74) is -0.480. The van der Waals surface area contributed by atoms with Crippen LogP contribution in [-0.2, 0) is 11.3 Å². The first kappa shape index (κ1) is 19.7. The Morgan fingerprint density at radius 2 is 2.07 bits per heavy atom. The summed E-state index contributed by atoms with van der Waals surface area (Å²) >= 11 is 0. The Bertz CT molecular complexity index is 850. The summed E-state index contributed by atoms with van der Waals surface area (Å²) in [7, 11) is 3.19. The number of likely N-dealkylation sites (tertiary alicyclic amines) is 2. The van der Waals surface area contributed by atoms with Gasteiger partial charge in [0, 0.05) is 50.7 Å². The zero-order chi connectivity index (χ0) is 20.4. The third-order valence-electron chi connectivity index (χ3n) is 5.87. The third kappa shape index (κ3) is 3.82. The molecular weight excluding hydrogens is 372 g/mol. The second-order valence-corrected chi connectivity index (χ2v) is 7.85. The summed E-state index contributed by atoms with van der Waals surface area (Å²) in [4.78, 5) is 17.0. The van der Waals surface area contributed by atoms with Gasteiger partial charge in [0.05, 0.1) is 20.3 Å². The zero-order valence-corrected chi connectivity index (χ0v) is 17.0. The molecule has 0 radical (unpaired) electrons. The molecule has 2 saturated heterocycles. The van der Waals surface area contributed by atoms with Crippen molar-refractivity contribution in [1.29, 1.82) is 0 Å². The van der Waals surface area contributed by atoms with Gasteiger partial charge in [-0.2, -0.15) is 5.10 Å². The van der Waals surface area contributed by atoms with Gasteiger partial charge in [0.15, 0.2) is 17.1 Å². The molecule has 8 heteroatoms. The lowest BCUT2D eigenvalue weighted by Crippen LogP contribution is -2.61. The number of carbonyl (C=O) groups is 1. The van der Waals surface area contributed by atoms with E-state index in [1.807, 2.05) is 35.1 Å². The highest BCUT2D eigenvalue weighted by Crippen LogP contribution is 2.34. The molecule has 156 valence electrons. The number of β-amino-alcohol motifs (C(OH)–C–C–N with tert-alkyl or cyclic N) is 1. The molecule has 2 fully saturated rings. The van der Waals surface area contributed by atoms with Gasteiger partial charge in [0.2, 0.25) is 0 Å². The third-order valence-corrected chi connectivity index (χ3v) is 5.87. The molecule has 8 nitrogen and oxygen atoms in total. The van der Waals surface area contributed by atoms with Crippen molar-refractivity contribution in [3.63, 3.8) is 0 Å². The molecule has 29 heavy (non-hydrogen) atoms. The van der Waals surface area contributed by atoms with Crippen LogP contribution in [0.2, 0.25) is 0 Å². The second-order valence-electron chi connectivity index (χ2n) is 7.85. The molecule has 0 bridgehead atoms. The van der Waals surface area contributed by atoms with Crippen LogP contribution in [0, 0.1) is 0 Å². The molecule has 3 heterocycles. The van der Waals surface area contributed by atoms with Crippen molar-refractivity contribution in [2.24, 2.45) is 0 Å². The van der Waals surface area contributed by atoms with Gasteiger partial charge in [-0.1, -0.05) is 12.1 Å². The number of hydrogen-bond acceptors (Lipinski definition) is 6. The number of benzene rings is 1. The van der Waals surface area contributed by atoms with Gasteiger partial charge in [0.25, 0.3) is 5.91 Å². The number of ether oxygens (including phenoxy) is 2. The summed E-state index contributed by atoms with van der Waals surface area (Å²) in [5, 5.41) is 15.4. The number of methoxy groups -OCH3 is 2. The van der Waals surface area contributed by atoms with Crippen molar-refractivity contribution >= 4 is 5.91 Å². The highest BCUT2D eigenvalue weighted by molar-refractivity contribution is 5.86. The maximum Gasteiger partial charge on any atom is 0.256 e. The average molecular weight is 400 g/mol. The van der Waals surface area contributed by atoms with E-state index in [-0.39, 0.29) is 5.91 Å². The van der Waals surface area contributed by atoms with E-state index < -0.39 is 5.60 Å². The molecule has 1 N–H and O–H groups in total. The van der Waals surface area contributed by atoms with Gasteiger partial charge in [-0.15, -0.1) is 0 Å². The van der Waals surface area contributed by atoms with E-state index in [9.17, 15) is 9.90 Å². The summed E-state index contributed by atoms with van der Waals surface area (Å²) < 4.78 is 12.8. The van der Waals surface area contributed by atoms with E-state index in [1.54, 1.807) is 25.3 Å². The van der Waals surface area contributed by atoms with Crippen LogP contribution < -0.4 is 9.47 Å². The van der Waals surface area contributed by atoms with Gasteiger partial charge < -0.3 is 19.5 Å². The van der Waals surface area contributed by atoms with Crippen LogP contribution in [0.5, 0.6) is 11.5 Å². The molecule has 0 aliphatic carbocycles. The Balaban J connectivity index is 1.41. The molecule has 1 aromatic heterocycles. The molecule has 0 saturated carbocycles. The Kier molecular flexibility index (Phi) is 5.47. The Hall–Kier alpha value is -2.58. The van der Waals surface area contributed by atoms with Gasteiger partial charge in [-0.05, 0) is 25.0 Å². The van der Waals surface area contributed by atoms with Crippen LogP contribution in [0.3, 0.4) is 0 Å². The number of piperidine rings is 1. The predicted octanol–water partition coefficient (Wildman–Crippen LogP) is 1.31. The number of aliphatic hydroxyl groups is 1. The van der Waals surface area contributed by atoms with E-state index in [2.05, 4.69) is 10.00 Å². The smallest absolute Gasteiger partial charge is 0.256 e. The van der Waals surface area contributed by atoms with Crippen LogP contribution >= 0.6 is 0 Å². The fourth-order valence-corrected chi connectivity index (χ4v) is 4.35. The van der Waals surface area contributed by atoms with Crippen LogP contribution in [0.15, 0.2) is 36.7 Å². The summed E-state index contributed by atoms with van der Waals surface area (Å²) in [6, 6.07) is 7.85. The minimum absolute atomic E-state index is 0.212. The fraction of sp³-hybridized carbons (Fsp3) is 0.524. The van der Waals surface area contributed by atoms with E-state index in [0.29, 0.717) is 43.6 Å². The molecule has 1 atom stereocenters. The zero-order valence-electron chi connectivity index (χ0n) is 17.0. The molecule has 0 unspecified atom stereocenters. The molecule has 1 amide bonds. The molecule has 1 aromatic carbocycles. The number of hydrogen-bond donors (Lipinski definition) is 1. The van der Waals surface area contributed by atoms with Crippen LogP contribution in [0.4, 0.5) is 0 Å². The summed E-state index contributed by atoms with van der Waals surface area (Å²) in [6.45, 7) is 2.95. The molecule has 2 aliphatic heterocycles. The van der Waals surface area contributed by atoms with Gasteiger partial charge >= 0.3 is 0 Å². The topological polar surface area (TPSA) is 80.1 Å². The van der Waals surface area contributed by atoms with Crippen LogP contribution in [-0.4, -0.2) is 76.6 Å². The lowest BCUT2D eigenvalue weighted by Gasteiger charge is -2.46. The molecule has 2 aromatic rings. The number of carbonyl (C=O) groups excluding carboxylic acids is 1. The quantitative estimate of drug-likeness (QED) is 0.755. The Morgan fingerprint density at radius 1 is 1.24 bits per heavy atom. The van der Waals surface area contributed by atoms with Gasteiger partial charge in [0.1, 0.15) is 0 Å². The molecule has 0 spiro atoms. The summed E-state index contributed by atoms with van der Waals surface area (Å²) in [6.07, 6.45) is 4.97. The normalized spacial score (nSPS) is 23.1. The number of para-hydroxylation sites is 1. The molecule has 4 rings (SSSR count).